The van der Waals surface area contributed by atoms with E-state index in [0.717, 1.165) is 60.8 Å². The van der Waals surface area contributed by atoms with Gasteiger partial charge in [-0.15, -0.1) is 0 Å². The van der Waals surface area contributed by atoms with Crippen LogP contribution in [0.5, 0.6) is 0 Å². The maximum absolute atomic E-state index is 5.08. The number of nitrogens with zero attached hydrogens (tertiary/aromatic N) is 6. The van der Waals surface area contributed by atoms with Crippen LogP contribution in [0, 0.1) is 0 Å². The van der Waals surface area contributed by atoms with Crippen molar-refractivity contribution >= 4 is 86.2 Å². The summed E-state index contributed by atoms with van der Waals surface area (Å²) in [7, 11) is 0. The second-order valence-corrected chi connectivity index (χ2v) is 26.5. The first kappa shape index (κ1) is 61.2. The van der Waals surface area contributed by atoms with Gasteiger partial charge < -0.3 is 0 Å². The summed E-state index contributed by atoms with van der Waals surface area (Å²) in [5.74, 6) is 3.90. The van der Waals surface area contributed by atoms with Crippen molar-refractivity contribution in [2.24, 2.45) is 0 Å². The Hall–Kier alpha value is -13.9. The van der Waals surface area contributed by atoms with Crippen molar-refractivity contribution in [1.82, 2.24) is 29.9 Å². The van der Waals surface area contributed by atoms with Crippen LogP contribution < -0.4 is 0 Å². The van der Waals surface area contributed by atoms with Crippen molar-refractivity contribution in [3.63, 3.8) is 0 Å². The molecule has 0 atom stereocenters. The van der Waals surface area contributed by atoms with Crippen LogP contribution in [0.25, 0.3) is 199 Å². The Kier molecular flexibility index (Phi) is 15.5. The molecule has 6 nitrogen and oxygen atoms in total. The van der Waals surface area contributed by atoms with E-state index in [9.17, 15) is 0 Å². The molecule has 0 unspecified atom stereocenters. The SMILES string of the molecule is c1ccc(-c2nc(-c3ccc(-c4ccc5ccc6ccc7cccc(-c8ccccc8)c7c6c5c4)cc3)nc(-c3ccc4ccccc4c3)n2)cc1.c1ccc(-c2nc(-c3cccc(-c4ccc5ccc6ccc7cccc(-c8ccccc8)c7c6c5c4)c3)nc(-c3ccc4ccccc4c3)n2)cc1. The largest absolute Gasteiger partial charge is 0.208 e. The van der Waals surface area contributed by atoms with Crippen LogP contribution in [-0.4, -0.2) is 29.9 Å². The lowest BCUT2D eigenvalue weighted by atomic mass is 9.90. The molecule has 0 fully saturated rings. The molecule has 0 spiro atoms. The van der Waals surface area contributed by atoms with Crippen LogP contribution in [0.2, 0.25) is 0 Å². The molecule has 0 aliphatic carbocycles. The molecule has 20 aromatic rings. The third-order valence-electron chi connectivity index (χ3n) is 20.1. The zero-order valence-electron chi connectivity index (χ0n) is 56.5. The average Bonchev–Trinajstić information content (AvgIpc) is 0.746. The molecule has 0 bridgehead atoms. The quantitative estimate of drug-likeness (QED) is 0.127. The summed E-state index contributed by atoms with van der Waals surface area (Å²) in [5.41, 5.74) is 15.2. The highest BCUT2D eigenvalue weighted by Crippen LogP contribution is 2.43. The molecule has 0 saturated heterocycles. The summed E-state index contributed by atoms with van der Waals surface area (Å²) in [6.45, 7) is 0. The number of hydrogen-bond acceptors (Lipinski definition) is 6. The van der Waals surface area contributed by atoms with Gasteiger partial charge in [0.1, 0.15) is 0 Å². The fourth-order valence-corrected chi connectivity index (χ4v) is 14.9. The lowest BCUT2D eigenvalue weighted by Crippen LogP contribution is -2.00. The van der Waals surface area contributed by atoms with Gasteiger partial charge in [-0.25, -0.2) is 29.9 Å². The molecule has 104 heavy (non-hydrogen) atoms. The molecule has 20 rings (SSSR count). The fraction of sp³-hybridized carbons (Fsp3) is 0. The highest BCUT2D eigenvalue weighted by atomic mass is 15.0. The number of rotatable bonds is 10. The van der Waals surface area contributed by atoms with E-state index in [4.69, 9.17) is 29.9 Å². The maximum Gasteiger partial charge on any atom is 0.164 e. The Morgan fingerprint density at radius 1 is 0.125 bits per heavy atom. The first-order valence-electron chi connectivity index (χ1n) is 35.2. The Labute approximate surface area is 601 Å². The van der Waals surface area contributed by atoms with Gasteiger partial charge in [-0.05, 0) is 161 Å². The standard InChI is InChI=1S/2C49H31N3/c1-3-12-33(13-4-1)43-20-10-17-35-25-26-36-24-22-34-23-27-40(31-44(34)46(36)45(35)43)39-18-9-19-41(30-39)48-50-47(37-14-5-2-6-15-37)51-49(52-48)42-28-21-32-11-7-8-16-38(32)29-42;1-3-11-34(12-4-1)43-17-9-16-36-24-25-37-23-21-35-22-28-41(31-44(35)46(37)45(36)43)33-18-26-39(27-19-33)48-50-47(38-13-5-2-6-14-38)51-49(52-48)42-29-20-32-10-7-8-15-40(32)30-42/h2*1-31H. The third kappa shape index (κ3) is 11.6. The summed E-state index contributed by atoms with van der Waals surface area (Å²) < 4.78 is 0. The molecular weight excluding hydrogens is 1260 g/mol. The number of aromatic nitrogens is 6. The zero-order chi connectivity index (χ0) is 68.9. The van der Waals surface area contributed by atoms with Crippen molar-refractivity contribution in [3.8, 4) is 113 Å². The Bertz CT molecular complexity index is 6690. The summed E-state index contributed by atoms with van der Waals surface area (Å²) in [4.78, 5) is 30.1. The smallest absolute Gasteiger partial charge is 0.164 e. The summed E-state index contributed by atoms with van der Waals surface area (Å²) in [6.07, 6.45) is 0. The molecule has 18 aromatic carbocycles. The molecule has 0 amide bonds. The zero-order valence-corrected chi connectivity index (χ0v) is 56.5. The number of fused-ring (bicyclic) bond motifs is 12. The molecule has 484 valence electrons. The van der Waals surface area contributed by atoms with Gasteiger partial charge in [0, 0.05) is 33.4 Å². The maximum atomic E-state index is 5.08. The minimum absolute atomic E-state index is 0.642. The molecular formula is C98H62N6. The molecule has 0 radical (unpaired) electrons. The second-order valence-electron chi connectivity index (χ2n) is 26.5. The lowest BCUT2D eigenvalue weighted by molar-refractivity contribution is 1.07. The highest BCUT2D eigenvalue weighted by molar-refractivity contribution is 6.26. The number of benzene rings is 18. The van der Waals surface area contributed by atoms with E-state index in [-0.39, 0.29) is 0 Å². The normalized spacial score (nSPS) is 11.5. The average molecular weight is 1320 g/mol. The van der Waals surface area contributed by atoms with E-state index >= 15 is 0 Å². The van der Waals surface area contributed by atoms with Gasteiger partial charge >= 0.3 is 0 Å². The van der Waals surface area contributed by atoms with E-state index in [0.29, 0.717) is 34.9 Å². The minimum atomic E-state index is 0.642. The van der Waals surface area contributed by atoms with Crippen LogP contribution in [0.1, 0.15) is 0 Å². The second kappa shape index (κ2) is 26.3. The van der Waals surface area contributed by atoms with Crippen LogP contribution in [0.4, 0.5) is 0 Å². The van der Waals surface area contributed by atoms with Gasteiger partial charge in [-0.3, -0.25) is 0 Å². The third-order valence-corrected chi connectivity index (χ3v) is 20.1. The van der Waals surface area contributed by atoms with E-state index in [1.54, 1.807) is 0 Å². The van der Waals surface area contributed by atoms with Gasteiger partial charge in [-0.1, -0.05) is 346 Å². The molecule has 2 heterocycles. The van der Waals surface area contributed by atoms with Gasteiger partial charge in [0.05, 0.1) is 0 Å². The van der Waals surface area contributed by atoms with E-state index < -0.39 is 0 Å². The molecule has 2 aromatic heterocycles. The van der Waals surface area contributed by atoms with Crippen LogP contribution >= 0.6 is 0 Å². The van der Waals surface area contributed by atoms with Gasteiger partial charge in [0.25, 0.3) is 0 Å². The first-order valence-corrected chi connectivity index (χ1v) is 35.2. The first-order chi connectivity index (χ1) is 51.5. The molecule has 0 saturated carbocycles. The number of hydrogen-bond donors (Lipinski definition) is 0. The molecule has 0 aliphatic heterocycles. The van der Waals surface area contributed by atoms with Crippen LogP contribution in [0.3, 0.4) is 0 Å². The predicted octanol–water partition coefficient (Wildman–Crippen LogP) is 25.6. The monoisotopic (exact) mass is 1320 g/mol. The van der Waals surface area contributed by atoms with E-state index in [1.165, 1.54) is 103 Å². The summed E-state index contributed by atoms with van der Waals surface area (Å²) in [6, 6.07) is 133. The Morgan fingerprint density at radius 3 is 0.808 bits per heavy atom. The predicted molar refractivity (Wildman–Crippen MR) is 434 cm³/mol. The summed E-state index contributed by atoms with van der Waals surface area (Å²) in [5, 5.41) is 19.7. The lowest BCUT2D eigenvalue weighted by Gasteiger charge is -2.14. The van der Waals surface area contributed by atoms with E-state index in [1.807, 2.05) is 60.7 Å². The van der Waals surface area contributed by atoms with Crippen molar-refractivity contribution in [1.29, 1.82) is 0 Å². The summed E-state index contributed by atoms with van der Waals surface area (Å²) >= 11 is 0. The van der Waals surface area contributed by atoms with Crippen molar-refractivity contribution in [3.05, 3.63) is 376 Å². The van der Waals surface area contributed by atoms with Crippen molar-refractivity contribution in [2.75, 3.05) is 0 Å². The van der Waals surface area contributed by atoms with Crippen LogP contribution in [0.15, 0.2) is 376 Å². The van der Waals surface area contributed by atoms with Gasteiger partial charge in [-0.2, -0.15) is 0 Å². The molecule has 0 aliphatic rings. The van der Waals surface area contributed by atoms with Crippen LogP contribution in [-0.2, 0) is 0 Å². The topological polar surface area (TPSA) is 77.3 Å². The van der Waals surface area contributed by atoms with Gasteiger partial charge in [0.15, 0.2) is 34.9 Å². The highest BCUT2D eigenvalue weighted by Gasteiger charge is 2.19. The van der Waals surface area contributed by atoms with E-state index in [2.05, 4.69) is 315 Å². The van der Waals surface area contributed by atoms with Crippen molar-refractivity contribution < 1.29 is 0 Å². The molecule has 6 heteroatoms. The molecule has 0 N–H and O–H groups in total. The van der Waals surface area contributed by atoms with Crippen molar-refractivity contribution in [2.45, 2.75) is 0 Å². The Balaban J connectivity index is 0.000000143. The Morgan fingerprint density at radius 2 is 0.375 bits per heavy atom. The van der Waals surface area contributed by atoms with Gasteiger partial charge in [0.2, 0.25) is 0 Å². The minimum Gasteiger partial charge on any atom is -0.208 e. The fourth-order valence-electron chi connectivity index (χ4n) is 14.9.